The summed E-state index contributed by atoms with van der Waals surface area (Å²) in [6.07, 6.45) is -0.152. The van der Waals surface area contributed by atoms with Crippen molar-refractivity contribution in [3.05, 3.63) is 0 Å². The molecule has 16 heavy (non-hydrogen) atoms. The van der Waals surface area contributed by atoms with Crippen molar-refractivity contribution in [1.82, 2.24) is 0 Å². The Kier molecular flexibility index (Phi) is 9.50. The average Bonchev–Trinajstić information content (AvgIpc) is 2.18. The van der Waals surface area contributed by atoms with Crippen molar-refractivity contribution < 1.29 is 59.3 Å². The molecule has 0 saturated carbocycles. The molecule has 0 radical (unpaired) electrons. The van der Waals surface area contributed by atoms with E-state index in [4.69, 9.17) is 25.6 Å². The summed E-state index contributed by atoms with van der Waals surface area (Å²) >= 11 is 0. The van der Waals surface area contributed by atoms with Gasteiger partial charge in [0.2, 0.25) is 0 Å². The molecule has 1 unspecified atom stereocenters. The molecule has 6 N–H and O–H groups in total. The van der Waals surface area contributed by atoms with Crippen LogP contribution in [0.5, 0.6) is 0 Å². The minimum absolute atomic E-state index is 0. The monoisotopic (exact) mass is 267 g/mol. The zero-order valence-corrected chi connectivity index (χ0v) is 12.0. The van der Waals surface area contributed by atoms with Gasteiger partial charge in [-0.25, -0.2) is 0 Å². The van der Waals surface area contributed by atoms with Gasteiger partial charge in [-0.15, -0.1) is 0 Å². The minimum atomic E-state index is -4.48. The fourth-order valence-corrected chi connectivity index (χ4v) is 2.67. The van der Waals surface area contributed by atoms with E-state index < -0.39 is 40.6 Å². The maximum atomic E-state index is 11.0. The molecular formula is C7H18NNaO6S. The predicted octanol–water partition coefficient (Wildman–Crippen LogP) is -5.33. The first kappa shape index (κ1) is 19.1. The van der Waals surface area contributed by atoms with Crippen LogP contribution in [0.25, 0.3) is 0 Å². The Hall–Kier alpha value is 0.750. The Balaban J connectivity index is -0.000000980. The van der Waals surface area contributed by atoms with E-state index in [1.54, 1.807) is 0 Å². The van der Waals surface area contributed by atoms with E-state index in [1.165, 1.54) is 0 Å². The van der Waals surface area contributed by atoms with Crippen molar-refractivity contribution >= 4 is 10.1 Å². The van der Waals surface area contributed by atoms with E-state index >= 15 is 0 Å². The number of hydrogen-bond acceptors (Lipinski definition) is 6. The van der Waals surface area contributed by atoms with E-state index in [-0.39, 0.29) is 43.9 Å². The van der Waals surface area contributed by atoms with Crippen LogP contribution in [-0.2, 0) is 10.1 Å². The summed E-state index contributed by atoms with van der Waals surface area (Å²) in [6, 6.07) is 0. The van der Waals surface area contributed by atoms with Crippen LogP contribution in [0.15, 0.2) is 0 Å². The topological polar surface area (TPSA) is 141 Å². The van der Waals surface area contributed by atoms with Crippen molar-refractivity contribution in [2.45, 2.75) is 11.7 Å². The summed E-state index contributed by atoms with van der Waals surface area (Å²) < 4.78 is 30.9. The third-order valence-electron chi connectivity index (χ3n) is 2.42. The Morgan fingerprint density at radius 1 is 1.19 bits per heavy atom. The molecule has 0 bridgehead atoms. The van der Waals surface area contributed by atoms with Crippen LogP contribution in [0.4, 0.5) is 0 Å². The van der Waals surface area contributed by atoms with Gasteiger partial charge in [0.1, 0.15) is 0 Å². The Bertz CT molecular complexity index is 276. The van der Waals surface area contributed by atoms with Crippen molar-refractivity contribution in [2.75, 3.05) is 26.4 Å². The van der Waals surface area contributed by atoms with Crippen molar-refractivity contribution in [3.63, 3.8) is 0 Å². The smallest absolute Gasteiger partial charge is 1.00 e. The summed E-state index contributed by atoms with van der Waals surface area (Å²) in [5, 5.41) is 25.5. The zero-order chi connectivity index (χ0) is 12.1. The quantitative estimate of drug-likeness (QED) is 0.229. The van der Waals surface area contributed by atoms with Crippen molar-refractivity contribution in [3.8, 4) is 0 Å². The van der Waals surface area contributed by atoms with Gasteiger partial charge in [-0.05, 0) is 13.0 Å². The normalized spacial score (nSPS) is 14.3. The second-order valence-electron chi connectivity index (χ2n) is 3.42. The predicted molar refractivity (Wildman–Crippen MR) is 53.8 cm³/mol. The fraction of sp³-hybridized carbons (Fsp3) is 1.00. The zero-order valence-electron chi connectivity index (χ0n) is 10.2. The first-order valence-electron chi connectivity index (χ1n) is 4.37. The van der Waals surface area contributed by atoms with Gasteiger partial charge in [0, 0.05) is 0 Å². The molecule has 0 amide bonds. The second-order valence-corrected chi connectivity index (χ2v) is 5.02. The van der Waals surface area contributed by atoms with E-state index in [1.807, 2.05) is 0 Å². The molecule has 0 heterocycles. The molecule has 0 fully saturated rings. The summed E-state index contributed by atoms with van der Waals surface area (Å²) in [5.74, 6) is 0. The fourth-order valence-electron chi connectivity index (χ4n) is 1.38. The summed E-state index contributed by atoms with van der Waals surface area (Å²) in [5.41, 5.74) is 3.49. The van der Waals surface area contributed by atoms with Crippen LogP contribution < -0.4 is 35.3 Å². The molecule has 0 aliphatic rings. The van der Waals surface area contributed by atoms with E-state index in [0.29, 0.717) is 0 Å². The first-order valence-corrected chi connectivity index (χ1v) is 5.87. The van der Waals surface area contributed by atoms with Crippen molar-refractivity contribution in [1.29, 1.82) is 0 Å². The maximum absolute atomic E-state index is 11.0. The molecule has 0 aromatic rings. The van der Waals surface area contributed by atoms with Crippen molar-refractivity contribution in [2.24, 2.45) is 11.1 Å². The number of aliphatic hydroxyl groups excluding tert-OH is 3. The van der Waals surface area contributed by atoms with Crippen LogP contribution in [0.2, 0.25) is 0 Å². The Morgan fingerprint density at radius 2 is 1.56 bits per heavy atom. The third kappa shape index (κ3) is 4.55. The molecule has 94 valence electrons. The van der Waals surface area contributed by atoms with Crippen LogP contribution in [0.1, 0.15) is 7.85 Å². The van der Waals surface area contributed by atoms with Crippen LogP contribution in [0.3, 0.4) is 0 Å². The first-order chi connectivity index (χ1) is 6.87. The van der Waals surface area contributed by atoms with Gasteiger partial charge in [-0.1, -0.05) is 0 Å². The van der Waals surface area contributed by atoms with Gasteiger partial charge in [-0.3, -0.25) is 4.55 Å². The van der Waals surface area contributed by atoms with Gasteiger partial charge in [0.05, 0.1) is 30.5 Å². The van der Waals surface area contributed by atoms with Gasteiger partial charge in [-0.2, -0.15) is 8.42 Å². The number of hydrogen-bond donors (Lipinski definition) is 5. The minimum Gasteiger partial charge on any atom is -1.00 e. The van der Waals surface area contributed by atoms with E-state index in [9.17, 15) is 8.42 Å². The number of aliphatic hydroxyl groups is 3. The molecule has 0 rings (SSSR count). The van der Waals surface area contributed by atoms with Gasteiger partial charge in [0.25, 0.3) is 10.1 Å². The Labute approximate surface area is 118 Å². The Morgan fingerprint density at radius 3 is 1.75 bits per heavy atom. The average molecular weight is 267 g/mol. The van der Waals surface area contributed by atoms with E-state index in [0.717, 1.165) is 0 Å². The third-order valence-corrected chi connectivity index (χ3v) is 3.87. The molecule has 9 heteroatoms. The summed E-state index contributed by atoms with van der Waals surface area (Å²) in [7, 11) is -4.48. The number of rotatable bonds is 7. The van der Waals surface area contributed by atoms with Gasteiger partial charge in [0.15, 0.2) is 0 Å². The SMILES string of the molecule is NCCC(C(CO)(CO)CO)S(=O)(=O)O.[H-].[Na+]. The largest absolute Gasteiger partial charge is 1.00 e. The van der Waals surface area contributed by atoms with Crippen LogP contribution >= 0.6 is 0 Å². The van der Waals surface area contributed by atoms with Gasteiger partial charge < -0.3 is 22.5 Å². The molecule has 0 spiro atoms. The molecule has 0 aliphatic carbocycles. The maximum Gasteiger partial charge on any atom is 1.00 e. The second kappa shape index (κ2) is 7.96. The molecule has 0 aromatic carbocycles. The summed E-state index contributed by atoms with van der Waals surface area (Å²) in [6.45, 7) is -2.33. The molecule has 7 nitrogen and oxygen atoms in total. The molecule has 1 atom stereocenters. The molecule has 0 aliphatic heterocycles. The molecule has 0 saturated heterocycles. The van der Waals surface area contributed by atoms with Gasteiger partial charge >= 0.3 is 29.6 Å². The van der Waals surface area contributed by atoms with Crippen LogP contribution in [0, 0.1) is 5.41 Å². The number of nitrogens with two attached hydrogens (primary N) is 1. The van der Waals surface area contributed by atoms with Crippen LogP contribution in [-0.4, -0.2) is 59.9 Å². The molecular weight excluding hydrogens is 249 g/mol. The molecule has 0 aromatic heterocycles. The van der Waals surface area contributed by atoms with E-state index in [2.05, 4.69) is 0 Å². The summed E-state index contributed by atoms with van der Waals surface area (Å²) in [4.78, 5) is 0. The standard InChI is InChI=1S/C7H17NO6S.Na.H/c8-2-1-6(15(12,13)14)7(3-9,4-10)5-11;;/h6,9-11H,1-5,8H2,(H,12,13,14);;/q;+1;-1.